The second-order valence-corrected chi connectivity index (χ2v) is 7.46. The molecule has 1 aromatic rings. The quantitative estimate of drug-likeness (QED) is 0.548. The van der Waals surface area contributed by atoms with Crippen molar-refractivity contribution in [1.82, 2.24) is 0 Å². The van der Waals surface area contributed by atoms with Gasteiger partial charge in [0.2, 0.25) is 0 Å². The van der Waals surface area contributed by atoms with E-state index >= 15 is 0 Å². The lowest BCUT2D eigenvalue weighted by molar-refractivity contribution is -0.379. The highest BCUT2D eigenvalue weighted by molar-refractivity contribution is 5.23. The van der Waals surface area contributed by atoms with Crippen molar-refractivity contribution < 1.29 is 9.78 Å². The summed E-state index contributed by atoms with van der Waals surface area (Å²) in [6.07, 6.45) is 0.895. The summed E-state index contributed by atoms with van der Waals surface area (Å²) >= 11 is 0. The van der Waals surface area contributed by atoms with Crippen LogP contribution in [0, 0.1) is 12.3 Å². The standard InChI is InChI=1S/C17H28O2/c1-13-8-10-14(11-9-13)15(12-16(2,3)4)18-19-17(5,6)7/h8-11,15H,12H2,1-7H3. The Morgan fingerprint density at radius 3 is 1.89 bits per heavy atom. The second-order valence-electron chi connectivity index (χ2n) is 7.46. The molecule has 1 aromatic carbocycles. The van der Waals surface area contributed by atoms with Crippen LogP contribution in [-0.2, 0) is 9.78 Å². The van der Waals surface area contributed by atoms with Gasteiger partial charge < -0.3 is 0 Å². The maximum atomic E-state index is 5.71. The van der Waals surface area contributed by atoms with Crippen molar-refractivity contribution in [3.63, 3.8) is 0 Å². The van der Waals surface area contributed by atoms with Gasteiger partial charge in [-0.25, -0.2) is 9.78 Å². The van der Waals surface area contributed by atoms with E-state index in [-0.39, 0.29) is 17.1 Å². The van der Waals surface area contributed by atoms with Crippen LogP contribution in [0.2, 0.25) is 0 Å². The predicted octanol–water partition coefficient (Wildman–Crippen LogP) is 5.22. The largest absolute Gasteiger partial charge is 0.230 e. The average molecular weight is 264 g/mol. The molecular weight excluding hydrogens is 236 g/mol. The molecule has 0 aromatic heterocycles. The number of hydrogen-bond donors (Lipinski definition) is 0. The summed E-state index contributed by atoms with van der Waals surface area (Å²) in [5.74, 6) is 0. The fraction of sp³-hybridized carbons (Fsp3) is 0.647. The average Bonchev–Trinajstić information content (AvgIpc) is 2.23. The molecule has 0 amide bonds. The molecule has 1 rings (SSSR count). The topological polar surface area (TPSA) is 18.5 Å². The highest BCUT2D eigenvalue weighted by atomic mass is 17.2. The lowest BCUT2D eigenvalue weighted by Crippen LogP contribution is -2.23. The minimum absolute atomic E-state index is 0.0279. The zero-order valence-electron chi connectivity index (χ0n) is 13.4. The molecule has 1 unspecified atom stereocenters. The molecule has 0 saturated carbocycles. The van der Waals surface area contributed by atoms with Crippen molar-refractivity contribution in [2.75, 3.05) is 0 Å². The Labute approximate surface area is 118 Å². The van der Waals surface area contributed by atoms with Crippen LogP contribution in [-0.4, -0.2) is 5.60 Å². The highest BCUT2D eigenvalue weighted by Gasteiger charge is 2.24. The maximum absolute atomic E-state index is 5.71. The van der Waals surface area contributed by atoms with Crippen molar-refractivity contribution in [2.24, 2.45) is 5.41 Å². The van der Waals surface area contributed by atoms with Crippen LogP contribution < -0.4 is 0 Å². The van der Waals surface area contributed by atoms with Gasteiger partial charge in [-0.3, -0.25) is 0 Å². The molecule has 0 fully saturated rings. The molecule has 108 valence electrons. The molecule has 2 heteroatoms. The Morgan fingerprint density at radius 1 is 0.947 bits per heavy atom. The van der Waals surface area contributed by atoms with Crippen molar-refractivity contribution >= 4 is 0 Å². The Hall–Kier alpha value is -0.860. The summed E-state index contributed by atoms with van der Waals surface area (Å²) in [6, 6.07) is 8.48. The first-order valence-electron chi connectivity index (χ1n) is 6.98. The van der Waals surface area contributed by atoms with Crippen molar-refractivity contribution in [2.45, 2.75) is 66.6 Å². The van der Waals surface area contributed by atoms with Gasteiger partial charge in [-0.1, -0.05) is 50.6 Å². The second kappa shape index (κ2) is 6.06. The van der Waals surface area contributed by atoms with Crippen LogP contribution in [0.15, 0.2) is 24.3 Å². The molecule has 0 N–H and O–H groups in total. The van der Waals surface area contributed by atoms with E-state index in [1.807, 2.05) is 20.8 Å². The van der Waals surface area contributed by atoms with Gasteiger partial charge in [0.05, 0.1) is 5.60 Å². The number of hydrogen-bond acceptors (Lipinski definition) is 2. The smallest absolute Gasteiger partial charge is 0.118 e. The third-order valence-corrected chi connectivity index (χ3v) is 2.66. The molecular formula is C17H28O2. The molecule has 0 heterocycles. The van der Waals surface area contributed by atoms with E-state index in [9.17, 15) is 0 Å². The monoisotopic (exact) mass is 264 g/mol. The Bertz CT molecular complexity index is 379. The van der Waals surface area contributed by atoms with Crippen LogP contribution in [0.1, 0.15) is 65.2 Å². The number of rotatable bonds is 4. The molecule has 0 aliphatic rings. The van der Waals surface area contributed by atoms with Crippen LogP contribution >= 0.6 is 0 Å². The van der Waals surface area contributed by atoms with Crippen molar-refractivity contribution in [1.29, 1.82) is 0 Å². The number of aryl methyl sites for hydroxylation is 1. The summed E-state index contributed by atoms with van der Waals surface area (Å²) in [5, 5.41) is 0. The van der Waals surface area contributed by atoms with Gasteiger partial charge in [-0.05, 0) is 45.1 Å². The Kier molecular flexibility index (Phi) is 5.17. The molecule has 2 nitrogen and oxygen atoms in total. The molecule has 1 atom stereocenters. The van der Waals surface area contributed by atoms with E-state index in [0.717, 1.165) is 6.42 Å². The van der Waals surface area contributed by atoms with E-state index in [1.165, 1.54) is 11.1 Å². The van der Waals surface area contributed by atoms with Gasteiger partial charge in [0.25, 0.3) is 0 Å². The van der Waals surface area contributed by atoms with Gasteiger partial charge >= 0.3 is 0 Å². The third kappa shape index (κ3) is 6.74. The fourth-order valence-electron chi connectivity index (χ4n) is 1.75. The zero-order chi connectivity index (χ0) is 14.7. The minimum atomic E-state index is -0.291. The van der Waals surface area contributed by atoms with Gasteiger partial charge in [0.15, 0.2) is 0 Å². The molecule has 0 aliphatic carbocycles. The first kappa shape index (κ1) is 16.2. The summed E-state index contributed by atoms with van der Waals surface area (Å²) < 4.78 is 0. The zero-order valence-corrected chi connectivity index (χ0v) is 13.4. The Balaban J connectivity index is 2.83. The molecule has 19 heavy (non-hydrogen) atoms. The molecule has 0 spiro atoms. The van der Waals surface area contributed by atoms with Crippen LogP contribution in [0.25, 0.3) is 0 Å². The maximum Gasteiger partial charge on any atom is 0.118 e. The summed E-state index contributed by atoms with van der Waals surface area (Å²) in [7, 11) is 0. The molecule has 0 aliphatic heterocycles. The molecule has 0 bridgehead atoms. The van der Waals surface area contributed by atoms with Crippen LogP contribution in [0.5, 0.6) is 0 Å². The SMILES string of the molecule is Cc1ccc(C(CC(C)(C)C)OOC(C)(C)C)cc1. The molecule has 0 saturated heterocycles. The predicted molar refractivity (Wildman–Crippen MR) is 79.9 cm³/mol. The minimum Gasteiger partial charge on any atom is -0.230 e. The molecule has 0 radical (unpaired) electrons. The normalized spacial score (nSPS) is 14.5. The van der Waals surface area contributed by atoms with Crippen molar-refractivity contribution in [3.8, 4) is 0 Å². The van der Waals surface area contributed by atoms with E-state index < -0.39 is 0 Å². The first-order valence-corrected chi connectivity index (χ1v) is 6.98. The van der Waals surface area contributed by atoms with E-state index in [0.29, 0.717) is 0 Å². The van der Waals surface area contributed by atoms with Gasteiger partial charge in [-0.15, -0.1) is 0 Å². The first-order chi connectivity index (χ1) is 8.57. The highest BCUT2D eigenvalue weighted by Crippen LogP contribution is 2.33. The van der Waals surface area contributed by atoms with Gasteiger partial charge in [-0.2, -0.15) is 0 Å². The third-order valence-electron chi connectivity index (χ3n) is 2.66. The van der Waals surface area contributed by atoms with Crippen LogP contribution in [0.3, 0.4) is 0 Å². The summed E-state index contributed by atoms with van der Waals surface area (Å²) in [6.45, 7) is 14.7. The fourth-order valence-corrected chi connectivity index (χ4v) is 1.75. The van der Waals surface area contributed by atoms with Gasteiger partial charge in [0, 0.05) is 0 Å². The summed E-state index contributed by atoms with van der Waals surface area (Å²) in [5.41, 5.74) is 2.33. The number of benzene rings is 1. The van der Waals surface area contributed by atoms with Crippen molar-refractivity contribution in [3.05, 3.63) is 35.4 Å². The Morgan fingerprint density at radius 2 is 1.47 bits per heavy atom. The summed E-state index contributed by atoms with van der Waals surface area (Å²) in [4.78, 5) is 11.2. The lowest BCUT2D eigenvalue weighted by Gasteiger charge is -2.28. The van der Waals surface area contributed by atoms with Crippen LogP contribution in [0.4, 0.5) is 0 Å². The van der Waals surface area contributed by atoms with E-state index in [1.54, 1.807) is 0 Å². The van der Waals surface area contributed by atoms with E-state index in [2.05, 4.69) is 52.0 Å². The van der Waals surface area contributed by atoms with Gasteiger partial charge in [0.1, 0.15) is 6.10 Å². The lowest BCUT2D eigenvalue weighted by atomic mass is 9.87. The van der Waals surface area contributed by atoms with E-state index in [4.69, 9.17) is 9.78 Å².